The number of hydrogen-bond acceptors (Lipinski definition) is 1. The van der Waals surface area contributed by atoms with Crippen molar-refractivity contribution >= 4 is 11.3 Å². The zero-order valence-electron chi connectivity index (χ0n) is 7.82. The molecule has 2 aromatic rings. The molecule has 0 amide bonds. The van der Waals surface area contributed by atoms with E-state index < -0.39 is 0 Å². The average molecular weight is 190 g/mol. The third-order valence-corrected chi connectivity index (χ3v) is 3.21. The van der Waals surface area contributed by atoms with Crippen molar-refractivity contribution in [1.29, 1.82) is 0 Å². The number of benzene rings is 1. The van der Waals surface area contributed by atoms with E-state index in [1.165, 1.54) is 16.3 Å². The van der Waals surface area contributed by atoms with E-state index in [4.69, 9.17) is 0 Å². The Balaban J connectivity index is 2.53. The third kappa shape index (κ3) is 1.49. The van der Waals surface area contributed by atoms with Crippen LogP contribution in [0, 0.1) is 13.8 Å². The molecule has 0 saturated carbocycles. The number of rotatable bonds is 1. The van der Waals surface area contributed by atoms with Crippen LogP contribution in [0.5, 0.6) is 0 Å². The number of thiazole rings is 1. The van der Waals surface area contributed by atoms with Gasteiger partial charge in [-0.3, -0.25) is 0 Å². The predicted octanol–water partition coefficient (Wildman–Crippen LogP) is 2.64. The van der Waals surface area contributed by atoms with Gasteiger partial charge in [0.05, 0.1) is 4.88 Å². The monoisotopic (exact) mass is 190 g/mol. The van der Waals surface area contributed by atoms with Crippen molar-refractivity contribution in [3.05, 3.63) is 46.4 Å². The highest BCUT2D eigenvalue weighted by Crippen LogP contribution is 2.11. The van der Waals surface area contributed by atoms with Crippen molar-refractivity contribution in [3.63, 3.8) is 0 Å². The van der Waals surface area contributed by atoms with Crippen LogP contribution >= 0.6 is 11.3 Å². The summed E-state index contributed by atoms with van der Waals surface area (Å²) in [4.78, 5) is 1.38. The molecule has 1 heterocycles. The predicted molar refractivity (Wildman–Crippen MR) is 55.3 cm³/mol. The minimum atomic E-state index is 1.24. The summed E-state index contributed by atoms with van der Waals surface area (Å²) >= 11 is 1.79. The molecule has 0 aliphatic rings. The largest absolute Gasteiger partial charge is 0.231 e. The Kier molecular flexibility index (Phi) is 2.15. The van der Waals surface area contributed by atoms with Gasteiger partial charge in [0.2, 0.25) is 11.2 Å². The molecule has 0 unspecified atom stereocenters. The summed E-state index contributed by atoms with van der Waals surface area (Å²) < 4.78 is 2.22. The van der Waals surface area contributed by atoms with Crippen LogP contribution in [-0.4, -0.2) is 0 Å². The van der Waals surface area contributed by atoms with Crippen molar-refractivity contribution in [2.75, 3.05) is 0 Å². The highest BCUT2D eigenvalue weighted by Gasteiger charge is 2.13. The molecule has 0 saturated heterocycles. The lowest BCUT2D eigenvalue weighted by Gasteiger charge is -1.92. The van der Waals surface area contributed by atoms with Gasteiger partial charge in [0.15, 0.2) is 5.69 Å². The number of hydrogen-bond donors (Lipinski definition) is 0. The Morgan fingerprint density at radius 1 is 1.08 bits per heavy atom. The maximum absolute atomic E-state index is 2.22. The summed E-state index contributed by atoms with van der Waals surface area (Å²) in [7, 11) is 0. The minimum Gasteiger partial charge on any atom is -0.154 e. The SMILES string of the molecule is Cc1sc[n+](-c2ccccc2)c1C. The maximum Gasteiger partial charge on any atom is 0.231 e. The van der Waals surface area contributed by atoms with E-state index in [9.17, 15) is 0 Å². The molecule has 0 fully saturated rings. The van der Waals surface area contributed by atoms with Gasteiger partial charge in [0.1, 0.15) is 0 Å². The quantitative estimate of drug-likeness (QED) is 0.609. The highest BCUT2D eigenvalue weighted by atomic mass is 32.1. The van der Waals surface area contributed by atoms with Crippen LogP contribution in [0.2, 0.25) is 0 Å². The molecule has 1 nitrogen and oxygen atoms in total. The molecular formula is C11H12NS+. The molecule has 0 aliphatic carbocycles. The van der Waals surface area contributed by atoms with Gasteiger partial charge < -0.3 is 0 Å². The summed E-state index contributed by atoms with van der Waals surface area (Å²) in [6.45, 7) is 4.30. The molecule has 0 aliphatic heterocycles. The lowest BCUT2D eigenvalue weighted by Crippen LogP contribution is -2.30. The molecule has 0 atom stereocenters. The second-order valence-electron chi connectivity index (χ2n) is 3.07. The number of para-hydroxylation sites is 1. The van der Waals surface area contributed by atoms with Crippen LogP contribution in [0.25, 0.3) is 5.69 Å². The molecule has 13 heavy (non-hydrogen) atoms. The van der Waals surface area contributed by atoms with Gasteiger partial charge in [0.25, 0.3) is 0 Å². The minimum absolute atomic E-state index is 1.24. The average Bonchev–Trinajstić information content (AvgIpc) is 2.49. The van der Waals surface area contributed by atoms with Crippen LogP contribution in [0.15, 0.2) is 35.8 Å². The molecular weight excluding hydrogens is 178 g/mol. The first-order valence-electron chi connectivity index (χ1n) is 4.31. The highest BCUT2D eigenvalue weighted by molar-refractivity contribution is 7.09. The Hall–Kier alpha value is -1.15. The summed E-state index contributed by atoms with van der Waals surface area (Å²) in [5, 5.41) is 0. The first kappa shape index (κ1) is 8.45. The second kappa shape index (κ2) is 3.30. The Bertz CT molecular complexity index is 403. The Morgan fingerprint density at radius 2 is 1.77 bits per heavy atom. The van der Waals surface area contributed by atoms with Crippen molar-refractivity contribution in [1.82, 2.24) is 0 Å². The number of aryl methyl sites for hydroxylation is 1. The standard InChI is InChI=1S/C11H12NS/c1-9-10(2)13-8-12(9)11-6-4-3-5-7-11/h3-8H,1-2H3/q+1. The molecule has 0 radical (unpaired) electrons. The number of aromatic nitrogens is 1. The van der Waals surface area contributed by atoms with E-state index in [1.807, 2.05) is 6.07 Å². The number of nitrogens with zero attached hydrogens (tertiary/aromatic N) is 1. The first-order valence-corrected chi connectivity index (χ1v) is 5.19. The van der Waals surface area contributed by atoms with Gasteiger partial charge in [0, 0.05) is 19.1 Å². The van der Waals surface area contributed by atoms with Crippen LogP contribution in [0.4, 0.5) is 0 Å². The Labute approximate surface area is 82.3 Å². The maximum atomic E-state index is 2.22. The fraction of sp³-hybridized carbons (Fsp3) is 0.182. The topological polar surface area (TPSA) is 3.88 Å². The van der Waals surface area contributed by atoms with Crippen LogP contribution in [0.3, 0.4) is 0 Å². The van der Waals surface area contributed by atoms with Gasteiger partial charge in [-0.2, -0.15) is 4.57 Å². The van der Waals surface area contributed by atoms with Crippen molar-refractivity contribution in [2.24, 2.45) is 0 Å². The molecule has 2 rings (SSSR count). The normalized spacial score (nSPS) is 10.3. The van der Waals surface area contributed by atoms with Crippen LogP contribution < -0.4 is 4.57 Å². The second-order valence-corrected chi connectivity index (χ2v) is 4.13. The fourth-order valence-electron chi connectivity index (χ4n) is 1.31. The van der Waals surface area contributed by atoms with Gasteiger partial charge in [-0.1, -0.05) is 29.5 Å². The van der Waals surface area contributed by atoms with Crippen LogP contribution in [-0.2, 0) is 0 Å². The van der Waals surface area contributed by atoms with E-state index in [-0.39, 0.29) is 0 Å². The third-order valence-electron chi connectivity index (χ3n) is 2.24. The summed E-state index contributed by atoms with van der Waals surface area (Å²) in [5.41, 5.74) is 4.72. The first-order chi connectivity index (χ1) is 6.29. The lowest BCUT2D eigenvalue weighted by molar-refractivity contribution is -0.597. The van der Waals surface area contributed by atoms with E-state index in [2.05, 4.69) is 48.2 Å². The fourth-order valence-corrected chi connectivity index (χ4v) is 2.12. The Morgan fingerprint density at radius 3 is 2.31 bits per heavy atom. The van der Waals surface area contributed by atoms with Gasteiger partial charge in [-0.25, -0.2) is 0 Å². The molecule has 0 spiro atoms. The van der Waals surface area contributed by atoms with Gasteiger partial charge >= 0.3 is 0 Å². The molecule has 2 heteroatoms. The van der Waals surface area contributed by atoms with Crippen LogP contribution in [0.1, 0.15) is 10.6 Å². The molecule has 0 N–H and O–H groups in total. The van der Waals surface area contributed by atoms with Gasteiger partial charge in [-0.05, 0) is 6.92 Å². The summed E-state index contributed by atoms with van der Waals surface area (Å²) in [6, 6.07) is 10.4. The summed E-state index contributed by atoms with van der Waals surface area (Å²) in [6.07, 6.45) is 0. The zero-order valence-corrected chi connectivity index (χ0v) is 8.64. The smallest absolute Gasteiger partial charge is 0.154 e. The molecule has 1 aromatic carbocycles. The van der Waals surface area contributed by atoms with E-state index in [0.717, 1.165) is 0 Å². The summed E-state index contributed by atoms with van der Waals surface area (Å²) in [5.74, 6) is 0. The lowest BCUT2D eigenvalue weighted by atomic mass is 10.3. The molecule has 1 aromatic heterocycles. The van der Waals surface area contributed by atoms with E-state index >= 15 is 0 Å². The van der Waals surface area contributed by atoms with E-state index in [1.54, 1.807) is 11.3 Å². The van der Waals surface area contributed by atoms with Crippen molar-refractivity contribution in [3.8, 4) is 5.69 Å². The zero-order chi connectivity index (χ0) is 9.26. The molecule has 66 valence electrons. The van der Waals surface area contributed by atoms with Gasteiger partial charge in [-0.15, -0.1) is 0 Å². The molecule has 0 bridgehead atoms. The van der Waals surface area contributed by atoms with Crippen molar-refractivity contribution < 1.29 is 4.57 Å². The van der Waals surface area contributed by atoms with Crippen molar-refractivity contribution in [2.45, 2.75) is 13.8 Å². The van der Waals surface area contributed by atoms with E-state index in [0.29, 0.717) is 0 Å².